The molecule has 5 heteroatoms. The number of carbonyl (C=O) groups excluding carboxylic acids is 1. The molecule has 4 rings (SSSR count). The summed E-state index contributed by atoms with van der Waals surface area (Å²) in [6, 6.07) is 16.5. The molecule has 27 heavy (non-hydrogen) atoms. The summed E-state index contributed by atoms with van der Waals surface area (Å²) in [4.78, 5) is 16.9. The molecule has 1 saturated carbocycles. The highest BCUT2D eigenvalue weighted by Gasteiger charge is 2.17. The van der Waals surface area contributed by atoms with Crippen LogP contribution in [0.4, 0.5) is 10.5 Å². The lowest BCUT2D eigenvalue weighted by atomic mass is 10.1. The fraction of sp³-hybridized carbons (Fsp3) is 0.364. The Labute approximate surface area is 159 Å². The van der Waals surface area contributed by atoms with Crippen LogP contribution in [0.2, 0.25) is 0 Å². The number of aryl methyl sites for hydroxylation is 3. The van der Waals surface area contributed by atoms with Crippen molar-refractivity contribution in [1.82, 2.24) is 14.9 Å². The van der Waals surface area contributed by atoms with Gasteiger partial charge in [0.25, 0.3) is 0 Å². The summed E-state index contributed by atoms with van der Waals surface area (Å²) in [5.74, 6) is 1.08. The number of amides is 2. The van der Waals surface area contributed by atoms with Gasteiger partial charge in [-0.15, -0.1) is 0 Å². The molecule has 0 atom stereocenters. The predicted molar refractivity (Wildman–Crippen MR) is 109 cm³/mol. The van der Waals surface area contributed by atoms with Crippen LogP contribution in [0.1, 0.15) is 37.1 Å². The van der Waals surface area contributed by atoms with Gasteiger partial charge in [0.1, 0.15) is 5.82 Å². The molecule has 0 radical (unpaired) electrons. The molecule has 2 amide bonds. The Bertz CT molecular complexity index is 940. The zero-order valence-electron chi connectivity index (χ0n) is 15.7. The van der Waals surface area contributed by atoms with Crippen LogP contribution >= 0.6 is 0 Å². The molecule has 0 bridgehead atoms. The molecule has 3 aromatic rings. The van der Waals surface area contributed by atoms with Crippen molar-refractivity contribution >= 4 is 22.8 Å². The zero-order chi connectivity index (χ0) is 18.6. The highest BCUT2D eigenvalue weighted by Crippen LogP contribution is 2.19. The second-order valence-corrected chi connectivity index (χ2v) is 7.36. The maximum absolute atomic E-state index is 12.2. The minimum Gasteiger partial charge on any atom is -0.335 e. The molecule has 1 aliphatic rings. The molecule has 0 aliphatic heterocycles. The number of benzene rings is 2. The SMILES string of the molecule is Cn1c(CCc2cccc(NC(=O)NC3CCCC3)c2)nc2ccccc21. The van der Waals surface area contributed by atoms with Gasteiger partial charge in [-0.2, -0.15) is 0 Å². The molecule has 2 N–H and O–H groups in total. The molecule has 1 aliphatic carbocycles. The number of nitrogens with zero attached hydrogens (tertiary/aromatic N) is 2. The van der Waals surface area contributed by atoms with E-state index in [-0.39, 0.29) is 6.03 Å². The fourth-order valence-corrected chi connectivity index (χ4v) is 3.90. The van der Waals surface area contributed by atoms with Crippen LogP contribution in [0.25, 0.3) is 11.0 Å². The fourth-order valence-electron chi connectivity index (χ4n) is 3.90. The van der Waals surface area contributed by atoms with Gasteiger partial charge in [0.15, 0.2) is 0 Å². The lowest BCUT2D eigenvalue weighted by molar-refractivity contribution is 0.248. The van der Waals surface area contributed by atoms with E-state index in [1.54, 1.807) is 0 Å². The van der Waals surface area contributed by atoms with Crippen molar-refractivity contribution in [2.75, 3.05) is 5.32 Å². The third-order valence-corrected chi connectivity index (χ3v) is 5.39. The Morgan fingerprint density at radius 3 is 2.74 bits per heavy atom. The van der Waals surface area contributed by atoms with Gasteiger partial charge in [-0.25, -0.2) is 9.78 Å². The number of imidazole rings is 1. The van der Waals surface area contributed by atoms with E-state index in [0.29, 0.717) is 6.04 Å². The third-order valence-electron chi connectivity index (χ3n) is 5.39. The van der Waals surface area contributed by atoms with Gasteiger partial charge in [-0.3, -0.25) is 0 Å². The average Bonchev–Trinajstić information content (AvgIpc) is 3.28. The van der Waals surface area contributed by atoms with Crippen molar-refractivity contribution in [3.8, 4) is 0 Å². The summed E-state index contributed by atoms with van der Waals surface area (Å²) in [5.41, 5.74) is 4.23. The van der Waals surface area contributed by atoms with Crippen LogP contribution in [0.5, 0.6) is 0 Å². The van der Waals surface area contributed by atoms with E-state index in [0.717, 1.165) is 48.2 Å². The maximum Gasteiger partial charge on any atom is 0.319 e. The number of rotatable bonds is 5. The van der Waals surface area contributed by atoms with Gasteiger partial charge in [0.05, 0.1) is 11.0 Å². The first-order chi connectivity index (χ1) is 13.2. The van der Waals surface area contributed by atoms with Gasteiger partial charge in [-0.05, 0) is 49.1 Å². The second-order valence-electron chi connectivity index (χ2n) is 7.36. The van der Waals surface area contributed by atoms with Gasteiger partial charge >= 0.3 is 6.03 Å². The van der Waals surface area contributed by atoms with Crippen LogP contribution in [-0.2, 0) is 19.9 Å². The number of para-hydroxylation sites is 2. The standard InChI is InChI=1S/C22H26N4O/c1-26-20-12-5-4-11-19(20)25-21(26)14-13-16-7-6-10-18(15-16)24-22(27)23-17-8-2-3-9-17/h4-7,10-12,15,17H,2-3,8-9,13-14H2,1H3,(H2,23,24,27). The summed E-state index contributed by atoms with van der Waals surface area (Å²) < 4.78 is 2.16. The Hall–Kier alpha value is -2.82. The first-order valence-corrected chi connectivity index (χ1v) is 9.76. The van der Waals surface area contributed by atoms with E-state index >= 15 is 0 Å². The molecule has 0 unspecified atom stereocenters. The molecular formula is C22H26N4O. The maximum atomic E-state index is 12.2. The third kappa shape index (κ3) is 4.13. The van der Waals surface area contributed by atoms with E-state index in [4.69, 9.17) is 4.98 Å². The van der Waals surface area contributed by atoms with Gasteiger partial charge < -0.3 is 15.2 Å². The summed E-state index contributed by atoms with van der Waals surface area (Å²) >= 11 is 0. The van der Waals surface area contributed by atoms with Crippen LogP contribution in [0.15, 0.2) is 48.5 Å². The summed E-state index contributed by atoms with van der Waals surface area (Å²) in [6.45, 7) is 0. The molecule has 5 nitrogen and oxygen atoms in total. The Kier molecular flexibility index (Phi) is 5.10. The number of anilines is 1. The smallest absolute Gasteiger partial charge is 0.319 e. The highest BCUT2D eigenvalue weighted by atomic mass is 16.2. The highest BCUT2D eigenvalue weighted by molar-refractivity contribution is 5.89. The van der Waals surface area contributed by atoms with Crippen molar-refractivity contribution in [1.29, 1.82) is 0 Å². The number of urea groups is 1. The molecule has 1 aromatic heterocycles. The largest absolute Gasteiger partial charge is 0.335 e. The Morgan fingerprint density at radius 2 is 1.93 bits per heavy atom. The lowest BCUT2D eigenvalue weighted by Gasteiger charge is -2.13. The summed E-state index contributed by atoms with van der Waals surface area (Å²) in [6.07, 6.45) is 6.35. The number of hydrogen-bond acceptors (Lipinski definition) is 2. The van der Waals surface area contributed by atoms with Crippen molar-refractivity contribution in [3.05, 3.63) is 59.9 Å². The van der Waals surface area contributed by atoms with Crippen LogP contribution < -0.4 is 10.6 Å². The van der Waals surface area contributed by atoms with E-state index < -0.39 is 0 Å². The van der Waals surface area contributed by atoms with Crippen molar-refractivity contribution in [2.45, 2.75) is 44.6 Å². The van der Waals surface area contributed by atoms with E-state index in [1.807, 2.05) is 30.3 Å². The van der Waals surface area contributed by atoms with Crippen LogP contribution in [-0.4, -0.2) is 21.6 Å². The first kappa shape index (κ1) is 17.6. The number of nitrogens with one attached hydrogen (secondary N) is 2. The number of carbonyl (C=O) groups is 1. The number of hydrogen-bond donors (Lipinski definition) is 2. The predicted octanol–water partition coefficient (Wildman–Crippen LogP) is 4.42. The van der Waals surface area contributed by atoms with Crippen molar-refractivity contribution in [2.24, 2.45) is 7.05 Å². The van der Waals surface area contributed by atoms with E-state index in [1.165, 1.54) is 18.4 Å². The summed E-state index contributed by atoms with van der Waals surface area (Å²) in [7, 11) is 2.07. The lowest BCUT2D eigenvalue weighted by Crippen LogP contribution is -2.36. The van der Waals surface area contributed by atoms with Crippen molar-refractivity contribution < 1.29 is 4.79 Å². The van der Waals surface area contributed by atoms with E-state index in [2.05, 4.69) is 40.4 Å². The van der Waals surface area contributed by atoms with Gasteiger partial charge in [0.2, 0.25) is 0 Å². The number of fused-ring (bicyclic) bond motifs is 1. The zero-order valence-corrected chi connectivity index (χ0v) is 15.7. The summed E-state index contributed by atoms with van der Waals surface area (Å²) in [5, 5.41) is 6.03. The monoisotopic (exact) mass is 362 g/mol. The minimum absolute atomic E-state index is 0.102. The van der Waals surface area contributed by atoms with Crippen LogP contribution in [0, 0.1) is 0 Å². The minimum atomic E-state index is -0.102. The van der Waals surface area contributed by atoms with E-state index in [9.17, 15) is 4.79 Å². The Morgan fingerprint density at radius 1 is 1.11 bits per heavy atom. The quantitative estimate of drug-likeness (QED) is 0.706. The van der Waals surface area contributed by atoms with Crippen molar-refractivity contribution in [3.63, 3.8) is 0 Å². The topological polar surface area (TPSA) is 59.0 Å². The average molecular weight is 362 g/mol. The van der Waals surface area contributed by atoms with Gasteiger partial charge in [-0.1, -0.05) is 37.1 Å². The Balaban J connectivity index is 1.38. The molecular weight excluding hydrogens is 336 g/mol. The van der Waals surface area contributed by atoms with Gasteiger partial charge in [0, 0.05) is 25.2 Å². The first-order valence-electron chi connectivity index (χ1n) is 9.76. The molecule has 0 saturated heterocycles. The normalized spacial score (nSPS) is 14.6. The molecule has 140 valence electrons. The number of aromatic nitrogens is 2. The molecule has 2 aromatic carbocycles. The second kappa shape index (κ2) is 7.82. The molecule has 0 spiro atoms. The molecule has 1 heterocycles. The van der Waals surface area contributed by atoms with Crippen LogP contribution in [0.3, 0.4) is 0 Å². The molecule has 1 fully saturated rings.